The van der Waals surface area contributed by atoms with Crippen LogP contribution in [-0.4, -0.2) is 12.7 Å². The first-order valence-electron chi connectivity index (χ1n) is 8.06. The van der Waals surface area contributed by atoms with Crippen molar-refractivity contribution in [3.05, 3.63) is 58.4 Å². The maximum absolute atomic E-state index is 12.9. The highest BCUT2D eigenvalue weighted by molar-refractivity contribution is 6.31. The Balaban J connectivity index is 2.06. The van der Waals surface area contributed by atoms with Gasteiger partial charge < -0.3 is 14.8 Å². The van der Waals surface area contributed by atoms with E-state index in [2.05, 4.69) is 5.32 Å². The Labute approximate surface area is 147 Å². The monoisotopic (exact) mass is 351 g/mol. The third kappa shape index (κ3) is 5.39. The van der Waals surface area contributed by atoms with Gasteiger partial charge in [0.2, 0.25) is 0 Å². The molecule has 0 radical (unpaired) electrons. The van der Waals surface area contributed by atoms with E-state index in [1.165, 1.54) is 12.1 Å². The third-order valence-corrected chi connectivity index (χ3v) is 3.68. The molecule has 0 aliphatic heterocycles. The predicted molar refractivity (Wildman–Crippen MR) is 95.3 cm³/mol. The van der Waals surface area contributed by atoms with Crippen LogP contribution in [0.1, 0.15) is 31.9 Å². The lowest BCUT2D eigenvalue weighted by molar-refractivity contribution is 0.223. The maximum Gasteiger partial charge on any atom is 0.163 e. The smallest absolute Gasteiger partial charge is 0.163 e. The Morgan fingerprint density at radius 2 is 1.79 bits per heavy atom. The molecule has 0 spiro atoms. The summed E-state index contributed by atoms with van der Waals surface area (Å²) in [5.74, 6) is 1.11. The Morgan fingerprint density at radius 3 is 2.42 bits per heavy atom. The van der Waals surface area contributed by atoms with E-state index in [1.807, 2.05) is 26.8 Å². The highest BCUT2D eigenvalue weighted by Crippen LogP contribution is 2.34. The van der Waals surface area contributed by atoms with Gasteiger partial charge in [0.05, 0.1) is 12.7 Å². The summed E-state index contributed by atoms with van der Waals surface area (Å²) < 4.78 is 24.3. The summed E-state index contributed by atoms with van der Waals surface area (Å²) in [6, 6.07) is 10.1. The number of benzene rings is 2. The Bertz CT molecular complexity index is 659. The average Bonchev–Trinajstić information content (AvgIpc) is 2.53. The molecule has 3 nitrogen and oxygen atoms in total. The van der Waals surface area contributed by atoms with Gasteiger partial charge in [0, 0.05) is 24.2 Å². The van der Waals surface area contributed by atoms with Gasteiger partial charge in [0.25, 0.3) is 0 Å². The van der Waals surface area contributed by atoms with Gasteiger partial charge in [-0.05, 0) is 50.1 Å². The molecular formula is C19H23ClFNO2. The fourth-order valence-electron chi connectivity index (χ4n) is 2.27. The zero-order chi connectivity index (χ0) is 17.5. The lowest BCUT2D eigenvalue weighted by Gasteiger charge is -2.17. The van der Waals surface area contributed by atoms with Crippen molar-refractivity contribution in [1.82, 2.24) is 5.32 Å². The van der Waals surface area contributed by atoms with Gasteiger partial charge in [-0.15, -0.1) is 0 Å². The highest BCUT2D eigenvalue weighted by atomic mass is 35.5. The molecule has 5 heteroatoms. The molecular weight excluding hydrogens is 329 g/mol. The minimum atomic E-state index is -0.233. The molecule has 0 amide bonds. The van der Waals surface area contributed by atoms with Gasteiger partial charge in [-0.1, -0.05) is 23.7 Å². The van der Waals surface area contributed by atoms with E-state index in [0.717, 1.165) is 11.1 Å². The topological polar surface area (TPSA) is 30.5 Å². The second kappa shape index (κ2) is 8.90. The molecule has 0 atom stereocenters. The van der Waals surface area contributed by atoms with Crippen molar-refractivity contribution in [2.24, 2.45) is 0 Å². The van der Waals surface area contributed by atoms with Gasteiger partial charge in [-0.3, -0.25) is 0 Å². The Morgan fingerprint density at radius 1 is 1.08 bits per heavy atom. The summed E-state index contributed by atoms with van der Waals surface area (Å²) >= 11 is 6.36. The normalized spacial score (nSPS) is 10.9. The fraction of sp³-hybridized carbons (Fsp3) is 0.368. The molecule has 0 saturated heterocycles. The number of hydrogen-bond donors (Lipinski definition) is 1. The molecule has 0 fully saturated rings. The van der Waals surface area contributed by atoms with Gasteiger partial charge in [-0.2, -0.15) is 0 Å². The van der Waals surface area contributed by atoms with Gasteiger partial charge >= 0.3 is 0 Å². The fourth-order valence-corrected chi connectivity index (χ4v) is 2.49. The molecule has 2 aromatic rings. The van der Waals surface area contributed by atoms with Crippen molar-refractivity contribution >= 4 is 11.6 Å². The molecule has 0 heterocycles. The summed E-state index contributed by atoms with van der Waals surface area (Å²) in [5, 5.41) is 3.93. The largest absolute Gasteiger partial charge is 0.490 e. The van der Waals surface area contributed by atoms with Gasteiger partial charge in [-0.25, -0.2) is 4.39 Å². The molecule has 0 saturated carbocycles. The minimum absolute atomic E-state index is 0.0442. The van der Waals surface area contributed by atoms with E-state index in [1.54, 1.807) is 18.2 Å². The minimum Gasteiger partial charge on any atom is -0.490 e. The summed E-state index contributed by atoms with van der Waals surface area (Å²) in [6.45, 7) is 7.62. The first-order chi connectivity index (χ1) is 11.5. The molecule has 0 unspecified atom stereocenters. The number of ether oxygens (including phenoxy) is 2. The Kier molecular flexibility index (Phi) is 6.88. The van der Waals surface area contributed by atoms with Crippen LogP contribution >= 0.6 is 11.6 Å². The molecule has 130 valence electrons. The zero-order valence-corrected chi connectivity index (χ0v) is 15.0. The highest BCUT2D eigenvalue weighted by Gasteiger charge is 2.12. The van der Waals surface area contributed by atoms with Crippen LogP contribution in [0.15, 0.2) is 36.4 Å². The second-order valence-corrected chi connectivity index (χ2v) is 6.13. The van der Waals surface area contributed by atoms with E-state index < -0.39 is 0 Å². The standard InChI is InChI=1S/C19H23ClFNO2/c1-4-23-18-9-15(17(20)10-19(18)24-13(2)3)12-22-11-14-5-7-16(21)8-6-14/h5-10,13,22H,4,11-12H2,1-3H3. The van der Waals surface area contributed by atoms with Crippen LogP contribution in [0.2, 0.25) is 5.02 Å². The van der Waals surface area contributed by atoms with Crippen LogP contribution in [0.25, 0.3) is 0 Å². The molecule has 0 bridgehead atoms. The number of rotatable bonds is 8. The molecule has 0 aliphatic carbocycles. The van der Waals surface area contributed by atoms with E-state index in [-0.39, 0.29) is 11.9 Å². The number of nitrogens with one attached hydrogen (secondary N) is 1. The van der Waals surface area contributed by atoms with Gasteiger partial charge in [0.1, 0.15) is 5.82 Å². The van der Waals surface area contributed by atoms with Gasteiger partial charge in [0.15, 0.2) is 11.5 Å². The predicted octanol–water partition coefficient (Wildman–Crippen LogP) is 4.95. The number of hydrogen-bond acceptors (Lipinski definition) is 3. The van der Waals surface area contributed by atoms with Crippen LogP contribution in [0, 0.1) is 5.82 Å². The summed E-state index contributed by atoms with van der Waals surface area (Å²) in [5.41, 5.74) is 1.94. The van der Waals surface area contributed by atoms with E-state index >= 15 is 0 Å². The van der Waals surface area contributed by atoms with Crippen LogP contribution in [0.5, 0.6) is 11.5 Å². The Hall–Kier alpha value is -1.78. The average molecular weight is 352 g/mol. The van der Waals surface area contributed by atoms with E-state index in [9.17, 15) is 4.39 Å². The lowest BCUT2D eigenvalue weighted by Crippen LogP contribution is -2.14. The maximum atomic E-state index is 12.9. The van der Waals surface area contributed by atoms with Crippen molar-refractivity contribution in [1.29, 1.82) is 0 Å². The SMILES string of the molecule is CCOc1cc(CNCc2ccc(F)cc2)c(Cl)cc1OC(C)C. The zero-order valence-electron chi connectivity index (χ0n) is 14.2. The third-order valence-electron chi connectivity index (χ3n) is 3.33. The van der Waals surface area contributed by atoms with Crippen molar-refractivity contribution in [3.8, 4) is 11.5 Å². The molecule has 0 aliphatic rings. The lowest BCUT2D eigenvalue weighted by atomic mass is 10.1. The molecule has 1 N–H and O–H groups in total. The summed E-state index contributed by atoms with van der Waals surface area (Å²) in [6.07, 6.45) is 0.0442. The van der Waals surface area contributed by atoms with Crippen molar-refractivity contribution in [3.63, 3.8) is 0 Å². The first-order valence-corrected chi connectivity index (χ1v) is 8.44. The quantitative estimate of drug-likeness (QED) is 0.729. The van der Waals surface area contributed by atoms with Crippen molar-refractivity contribution in [2.45, 2.75) is 40.0 Å². The number of halogens is 2. The molecule has 2 rings (SSSR count). The van der Waals surface area contributed by atoms with Crippen LogP contribution in [-0.2, 0) is 13.1 Å². The van der Waals surface area contributed by atoms with Crippen LogP contribution in [0.4, 0.5) is 4.39 Å². The van der Waals surface area contributed by atoms with E-state index in [4.69, 9.17) is 21.1 Å². The summed E-state index contributed by atoms with van der Waals surface area (Å²) in [4.78, 5) is 0. The van der Waals surface area contributed by atoms with Crippen molar-refractivity contribution < 1.29 is 13.9 Å². The summed E-state index contributed by atoms with van der Waals surface area (Å²) in [7, 11) is 0. The van der Waals surface area contributed by atoms with E-state index in [0.29, 0.717) is 36.2 Å². The van der Waals surface area contributed by atoms with Crippen molar-refractivity contribution in [2.75, 3.05) is 6.61 Å². The second-order valence-electron chi connectivity index (χ2n) is 5.72. The molecule has 0 aromatic heterocycles. The molecule has 24 heavy (non-hydrogen) atoms. The van der Waals surface area contributed by atoms with Crippen LogP contribution < -0.4 is 14.8 Å². The molecule has 2 aromatic carbocycles. The van der Waals surface area contributed by atoms with Crippen LogP contribution in [0.3, 0.4) is 0 Å². The first kappa shape index (κ1) is 18.6.